The van der Waals surface area contributed by atoms with Crippen LogP contribution in [0.3, 0.4) is 0 Å². The molecule has 3 heteroatoms. The van der Waals surface area contributed by atoms with E-state index in [0.717, 1.165) is 13.0 Å². The lowest BCUT2D eigenvalue weighted by atomic mass is 9.97. The zero-order valence-electron chi connectivity index (χ0n) is 7.51. The van der Waals surface area contributed by atoms with Crippen molar-refractivity contribution in [3.05, 3.63) is 29.6 Å². The lowest BCUT2D eigenvalue weighted by molar-refractivity contribution is 0.350. The number of hydrogen-bond donors (Lipinski definition) is 1. The third kappa shape index (κ3) is 1.40. The predicted molar refractivity (Wildman–Crippen MR) is 48.3 cm³/mol. The third-order valence-corrected chi connectivity index (χ3v) is 2.41. The van der Waals surface area contributed by atoms with Gasteiger partial charge in [0.15, 0.2) is 11.6 Å². The Balaban J connectivity index is 2.33. The van der Waals surface area contributed by atoms with Crippen LogP contribution >= 0.6 is 0 Å². The smallest absolute Gasteiger partial charge is 0.169 e. The van der Waals surface area contributed by atoms with Gasteiger partial charge in [-0.25, -0.2) is 4.39 Å². The zero-order chi connectivity index (χ0) is 9.26. The van der Waals surface area contributed by atoms with Crippen molar-refractivity contribution >= 4 is 0 Å². The van der Waals surface area contributed by atoms with Gasteiger partial charge in [-0.05, 0) is 19.0 Å². The number of hydrogen-bond acceptors (Lipinski definition) is 2. The summed E-state index contributed by atoms with van der Waals surface area (Å²) in [4.78, 5) is 0. The fourth-order valence-electron chi connectivity index (χ4n) is 1.51. The second-order valence-electron chi connectivity index (χ2n) is 3.16. The average Bonchev–Trinajstić information content (AvgIpc) is 2.05. The van der Waals surface area contributed by atoms with Gasteiger partial charge in [-0.3, -0.25) is 0 Å². The molecule has 1 aromatic carbocycles. The van der Waals surface area contributed by atoms with E-state index in [1.54, 1.807) is 12.1 Å². The largest absolute Gasteiger partial charge is 0.494 e. The lowest BCUT2D eigenvalue weighted by Crippen LogP contribution is -2.35. The first-order chi connectivity index (χ1) is 6.33. The molecule has 13 heavy (non-hydrogen) atoms. The van der Waals surface area contributed by atoms with E-state index in [1.807, 2.05) is 6.07 Å². The van der Waals surface area contributed by atoms with Crippen LogP contribution in [0.4, 0.5) is 4.39 Å². The summed E-state index contributed by atoms with van der Waals surface area (Å²) in [6.07, 6.45) is 1.00. The van der Waals surface area contributed by atoms with Gasteiger partial charge in [0.1, 0.15) is 0 Å². The molecular formula is C10H12FNO. The highest BCUT2D eigenvalue weighted by Gasteiger charge is 2.22. The number of ether oxygens (including phenoxy) is 1. The maximum atomic E-state index is 13.6. The molecule has 2 rings (SSSR count). The van der Waals surface area contributed by atoms with Gasteiger partial charge in [-0.2, -0.15) is 0 Å². The topological polar surface area (TPSA) is 21.3 Å². The van der Waals surface area contributed by atoms with E-state index in [0.29, 0.717) is 11.3 Å². The molecule has 2 nitrogen and oxygen atoms in total. The summed E-state index contributed by atoms with van der Waals surface area (Å²) < 4.78 is 18.5. The SMILES string of the molecule is COc1cccc([C@@H]2CCN2)c1F. The first-order valence-electron chi connectivity index (χ1n) is 4.38. The van der Waals surface area contributed by atoms with Gasteiger partial charge in [0.25, 0.3) is 0 Å². The Kier molecular flexibility index (Phi) is 2.19. The minimum atomic E-state index is -0.234. The van der Waals surface area contributed by atoms with Crippen molar-refractivity contribution in [1.29, 1.82) is 0 Å². The molecule has 70 valence electrons. The predicted octanol–water partition coefficient (Wildman–Crippen LogP) is 1.87. The summed E-state index contributed by atoms with van der Waals surface area (Å²) in [7, 11) is 1.48. The van der Waals surface area contributed by atoms with Crippen molar-refractivity contribution in [2.24, 2.45) is 0 Å². The van der Waals surface area contributed by atoms with Crippen molar-refractivity contribution in [2.45, 2.75) is 12.5 Å². The van der Waals surface area contributed by atoms with Crippen LogP contribution in [0.5, 0.6) is 5.75 Å². The number of benzene rings is 1. The van der Waals surface area contributed by atoms with Crippen molar-refractivity contribution in [3.63, 3.8) is 0 Å². The number of rotatable bonds is 2. The van der Waals surface area contributed by atoms with Crippen molar-refractivity contribution in [3.8, 4) is 5.75 Å². The van der Waals surface area contributed by atoms with Gasteiger partial charge in [0.2, 0.25) is 0 Å². The first-order valence-corrected chi connectivity index (χ1v) is 4.38. The molecule has 1 aromatic rings. The molecule has 0 spiro atoms. The molecule has 0 radical (unpaired) electrons. The zero-order valence-corrected chi connectivity index (χ0v) is 7.51. The standard InChI is InChI=1S/C10H12FNO/c1-13-9-4-2-3-7(10(9)11)8-5-6-12-8/h2-4,8,12H,5-6H2,1H3/t8-/m0/s1. The highest BCUT2D eigenvalue weighted by molar-refractivity contribution is 5.33. The van der Waals surface area contributed by atoms with Crippen LogP contribution in [0.15, 0.2) is 18.2 Å². The molecule has 1 atom stereocenters. The molecule has 0 unspecified atom stereocenters. The van der Waals surface area contributed by atoms with E-state index in [-0.39, 0.29) is 11.9 Å². The first kappa shape index (κ1) is 8.51. The molecule has 0 aromatic heterocycles. The number of halogens is 1. The van der Waals surface area contributed by atoms with Crippen LogP contribution in [0.2, 0.25) is 0 Å². The summed E-state index contributed by atoms with van der Waals surface area (Å²) in [6.45, 7) is 0.974. The van der Waals surface area contributed by atoms with Crippen LogP contribution in [0.25, 0.3) is 0 Å². The fraction of sp³-hybridized carbons (Fsp3) is 0.400. The van der Waals surface area contributed by atoms with E-state index >= 15 is 0 Å². The van der Waals surface area contributed by atoms with E-state index in [2.05, 4.69) is 5.32 Å². The second-order valence-corrected chi connectivity index (χ2v) is 3.16. The minimum absolute atomic E-state index is 0.176. The van der Waals surface area contributed by atoms with Crippen LogP contribution in [0.1, 0.15) is 18.0 Å². The Hall–Kier alpha value is -1.09. The third-order valence-electron chi connectivity index (χ3n) is 2.41. The molecule has 1 N–H and O–H groups in total. The maximum Gasteiger partial charge on any atom is 0.169 e. The second kappa shape index (κ2) is 3.34. The highest BCUT2D eigenvalue weighted by Crippen LogP contribution is 2.29. The highest BCUT2D eigenvalue weighted by atomic mass is 19.1. The Labute approximate surface area is 76.7 Å². The van der Waals surface area contributed by atoms with Crippen LogP contribution in [-0.4, -0.2) is 13.7 Å². The minimum Gasteiger partial charge on any atom is -0.494 e. The van der Waals surface area contributed by atoms with E-state index in [1.165, 1.54) is 7.11 Å². The Morgan fingerprint density at radius 3 is 2.85 bits per heavy atom. The number of nitrogens with one attached hydrogen (secondary N) is 1. The molecule has 0 amide bonds. The van der Waals surface area contributed by atoms with Gasteiger partial charge in [0.05, 0.1) is 7.11 Å². The fourth-order valence-corrected chi connectivity index (χ4v) is 1.51. The van der Waals surface area contributed by atoms with Crippen LogP contribution in [-0.2, 0) is 0 Å². The molecular weight excluding hydrogens is 169 g/mol. The van der Waals surface area contributed by atoms with Crippen molar-refractivity contribution < 1.29 is 9.13 Å². The summed E-state index contributed by atoms with van der Waals surface area (Å²) in [6, 6.07) is 5.43. The molecule has 0 bridgehead atoms. The summed E-state index contributed by atoms with van der Waals surface area (Å²) in [5.74, 6) is 0.0911. The maximum absolute atomic E-state index is 13.6. The normalized spacial score (nSPS) is 20.9. The Morgan fingerprint density at radius 1 is 1.54 bits per heavy atom. The van der Waals surface area contributed by atoms with Gasteiger partial charge in [-0.1, -0.05) is 12.1 Å². The molecule has 1 saturated heterocycles. The van der Waals surface area contributed by atoms with Crippen molar-refractivity contribution in [1.82, 2.24) is 5.32 Å². The Bertz CT molecular complexity index is 310. The molecule has 1 aliphatic heterocycles. The van der Waals surface area contributed by atoms with Crippen molar-refractivity contribution in [2.75, 3.05) is 13.7 Å². The molecule has 0 aliphatic carbocycles. The van der Waals surface area contributed by atoms with Gasteiger partial charge >= 0.3 is 0 Å². The summed E-state index contributed by atoms with van der Waals surface area (Å²) in [5.41, 5.74) is 0.714. The van der Waals surface area contributed by atoms with Gasteiger partial charge in [-0.15, -0.1) is 0 Å². The average molecular weight is 181 g/mol. The van der Waals surface area contributed by atoms with E-state index < -0.39 is 0 Å². The van der Waals surface area contributed by atoms with E-state index in [9.17, 15) is 4.39 Å². The molecule has 1 heterocycles. The summed E-state index contributed by atoms with van der Waals surface area (Å²) >= 11 is 0. The van der Waals surface area contributed by atoms with E-state index in [4.69, 9.17) is 4.74 Å². The molecule has 0 saturated carbocycles. The van der Waals surface area contributed by atoms with Gasteiger partial charge in [0, 0.05) is 11.6 Å². The molecule has 1 fully saturated rings. The summed E-state index contributed by atoms with van der Waals surface area (Å²) in [5, 5.41) is 3.16. The van der Waals surface area contributed by atoms with Crippen LogP contribution in [0, 0.1) is 5.82 Å². The van der Waals surface area contributed by atoms with Crippen LogP contribution < -0.4 is 10.1 Å². The van der Waals surface area contributed by atoms with Gasteiger partial charge < -0.3 is 10.1 Å². The monoisotopic (exact) mass is 181 g/mol. The molecule has 1 aliphatic rings. The number of methoxy groups -OCH3 is 1. The Morgan fingerprint density at radius 2 is 2.31 bits per heavy atom. The quantitative estimate of drug-likeness (QED) is 0.752. The lowest BCUT2D eigenvalue weighted by Gasteiger charge is -2.28.